The zero-order valence-electron chi connectivity index (χ0n) is 18.4. The first-order chi connectivity index (χ1) is 17.3. The third kappa shape index (κ3) is 3.54. The Morgan fingerprint density at radius 1 is 0.806 bits per heavy atom. The van der Waals surface area contributed by atoms with Gasteiger partial charge in [-0.3, -0.25) is 14.4 Å². The molecule has 2 amide bonds. The second-order valence-corrected chi connectivity index (χ2v) is 11.1. The van der Waals surface area contributed by atoms with Crippen LogP contribution in [0.4, 0.5) is 11.4 Å². The largest absolute Gasteiger partial charge is 0.352 e. The van der Waals surface area contributed by atoms with E-state index in [9.17, 15) is 14.4 Å². The van der Waals surface area contributed by atoms with E-state index in [-0.39, 0.29) is 16.5 Å². The fourth-order valence-electron chi connectivity index (χ4n) is 5.52. The smallest absolute Gasteiger partial charge is 0.240 e. The zero-order chi connectivity index (χ0) is 25.3. The van der Waals surface area contributed by atoms with Gasteiger partial charge in [-0.25, -0.2) is 4.90 Å². The summed E-state index contributed by atoms with van der Waals surface area (Å²) < 4.78 is 0.829. The lowest BCUT2D eigenvalue weighted by atomic mass is 9.86. The Kier molecular flexibility index (Phi) is 5.76. The van der Waals surface area contributed by atoms with E-state index >= 15 is 0 Å². The standard InChI is InChI=1S/C27H16BrCl3N2O3/c28-15-5-1-14(2-6-15)25(34)24-23-22(20-9-4-13-3-7-17(30)12-21(13)32(20)24)26(35)33(27(23)36)19-10-8-16(29)11-18(19)31/h1-12,20,22-24H/t20-,22-,23+,24-/m1/s1. The number of hydrogen-bond acceptors (Lipinski definition) is 4. The number of carbonyl (C=O) groups excluding carboxylic acids is 3. The average molecular weight is 603 g/mol. The third-order valence-electron chi connectivity index (χ3n) is 7.02. The first kappa shape index (κ1) is 23.7. The van der Waals surface area contributed by atoms with Crippen LogP contribution in [0.3, 0.4) is 0 Å². The number of rotatable bonds is 3. The fourth-order valence-corrected chi connectivity index (χ4v) is 6.44. The molecule has 3 aromatic carbocycles. The minimum Gasteiger partial charge on any atom is -0.352 e. The summed E-state index contributed by atoms with van der Waals surface area (Å²) in [7, 11) is 0. The van der Waals surface area contributed by atoms with Crippen molar-refractivity contribution >= 4 is 85.8 Å². The van der Waals surface area contributed by atoms with Gasteiger partial charge in [0.05, 0.1) is 28.6 Å². The van der Waals surface area contributed by atoms with Crippen LogP contribution in [0.2, 0.25) is 15.1 Å². The van der Waals surface area contributed by atoms with Gasteiger partial charge in [0.25, 0.3) is 0 Å². The van der Waals surface area contributed by atoms with Crippen molar-refractivity contribution in [2.75, 3.05) is 9.80 Å². The van der Waals surface area contributed by atoms with E-state index in [2.05, 4.69) is 15.9 Å². The molecule has 0 bridgehead atoms. The highest BCUT2D eigenvalue weighted by Crippen LogP contribution is 2.51. The van der Waals surface area contributed by atoms with Crippen LogP contribution in [0, 0.1) is 11.8 Å². The number of halogens is 4. The van der Waals surface area contributed by atoms with Gasteiger partial charge in [0.15, 0.2) is 5.78 Å². The van der Waals surface area contributed by atoms with E-state index < -0.39 is 35.7 Å². The topological polar surface area (TPSA) is 57.7 Å². The molecule has 3 aliphatic heterocycles. The molecule has 0 radical (unpaired) electrons. The van der Waals surface area contributed by atoms with Crippen LogP contribution < -0.4 is 9.80 Å². The van der Waals surface area contributed by atoms with Gasteiger partial charge in [0, 0.05) is 25.8 Å². The van der Waals surface area contributed by atoms with Crippen LogP contribution >= 0.6 is 50.7 Å². The number of anilines is 2. The first-order valence-electron chi connectivity index (χ1n) is 11.1. The molecule has 4 atom stereocenters. The third-order valence-corrected chi connectivity index (χ3v) is 8.32. The van der Waals surface area contributed by atoms with Crippen molar-refractivity contribution in [2.24, 2.45) is 11.8 Å². The predicted octanol–water partition coefficient (Wildman–Crippen LogP) is 6.68. The van der Waals surface area contributed by atoms with Crippen LogP contribution in [0.5, 0.6) is 0 Å². The van der Waals surface area contributed by atoms with Crippen molar-refractivity contribution < 1.29 is 14.4 Å². The quantitative estimate of drug-likeness (QED) is 0.248. The highest BCUT2D eigenvalue weighted by Gasteiger charge is 2.64. The molecule has 2 saturated heterocycles. The maximum Gasteiger partial charge on any atom is 0.240 e. The first-order valence-corrected chi connectivity index (χ1v) is 13.1. The molecule has 0 N–H and O–H groups in total. The molecule has 2 fully saturated rings. The van der Waals surface area contributed by atoms with Crippen molar-refractivity contribution in [3.63, 3.8) is 0 Å². The summed E-state index contributed by atoms with van der Waals surface area (Å²) in [6.07, 6.45) is 3.80. The van der Waals surface area contributed by atoms with Crippen molar-refractivity contribution in [3.05, 3.63) is 97.4 Å². The number of fused-ring (bicyclic) bond motifs is 5. The van der Waals surface area contributed by atoms with Crippen molar-refractivity contribution in [2.45, 2.75) is 12.1 Å². The maximum atomic E-state index is 14.0. The van der Waals surface area contributed by atoms with Gasteiger partial charge in [-0.2, -0.15) is 0 Å². The highest BCUT2D eigenvalue weighted by atomic mass is 79.9. The fraction of sp³-hybridized carbons (Fsp3) is 0.148. The number of amides is 2. The predicted molar refractivity (Wildman–Crippen MR) is 145 cm³/mol. The van der Waals surface area contributed by atoms with E-state index in [1.807, 2.05) is 23.1 Å². The van der Waals surface area contributed by atoms with Crippen LogP contribution in [0.1, 0.15) is 15.9 Å². The Balaban J connectivity index is 1.51. The zero-order valence-corrected chi connectivity index (χ0v) is 22.2. The summed E-state index contributed by atoms with van der Waals surface area (Å²) in [6, 6.07) is 15.6. The van der Waals surface area contributed by atoms with Gasteiger partial charge in [-0.15, -0.1) is 0 Å². The Morgan fingerprint density at radius 3 is 2.19 bits per heavy atom. The summed E-state index contributed by atoms with van der Waals surface area (Å²) in [5.41, 5.74) is 2.29. The summed E-state index contributed by atoms with van der Waals surface area (Å²) in [4.78, 5) is 44.8. The van der Waals surface area contributed by atoms with E-state index in [0.717, 1.165) is 20.6 Å². The van der Waals surface area contributed by atoms with Crippen molar-refractivity contribution in [1.29, 1.82) is 0 Å². The van der Waals surface area contributed by atoms with Crippen LogP contribution in [0.15, 0.2) is 71.2 Å². The molecule has 5 nitrogen and oxygen atoms in total. The molecule has 0 saturated carbocycles. The van der Waals surface area contributed by atoms with E-state index in [4.69, 9.17) is 34.8 Å². The lowest BCUT2D eigenvalue weighted by Crippen LogP contribution is -2.48. The lowest BCUT2D eigenvalue weighted by Gasteiger charge is -2.36. The average Bonchev–Trinajstić information content (AvgIpc) is 3.32. The summed E-state index contributed by atoms with van der Waals surface area (Å²) in [6.45, 7) is 0. The number of ketones is 1. The molecule has 0 unspecified atom stereocenters. The minimum absolute atomic E-state index is 0.188. The molecule has 9 heteroatoms. The van der Waals surface area contributed by atoms with Gasteiger partial charge >= 0.3 is 0 Å². The number of Topliss-reactive ketones (excluding diaryl/α,β-unsaturated/α-hetero) is 1. The van der Waals surface area contributed by atoms with E-state index in [1.54, 1.807) is 48.5 Å². The molecule has 36 heavy (non-hydrogen) atoms. The Labute approximate surface area is 230 Å². The normalized spacial score (nSPS) is 24.1. The van der Waals surface area contributed by atoms with Gasteiger partial charge < -0.3 is 4.90 Å². The van der Waals surface area contributed by atoms with E-state index in [0.29, 0.717) is 15.6 Å². The molecule has 180 valence electrons. The number of benzene rings is 3. The lowest BCUT2D eigenvalue weighted by molar-refractivity contribution is -0.122. The van der Waals surface area contributed by atoms with Crippen LogP contribution in [0.25, 0.3) is 6.08 Å². The van der Waals surface area contributed by atoms with Crippen LogP contribution in [-0.2, 0) is 9.59 Å². The van der Waals surface area contributed by atoms with Gasteiger partial charge in [-0.05, 0) is 48.0 Å². The molecular weight excluding hydrogens is 587 g/mol. The second kappa shape index (κ2) is 8.73. The Morgan fingerprint density at radius 2 is 1.47 bits per heavy atom. The summed E-state index contributed by atoms with van der Waals surface area (Å²) >= 11 is 22.2. The van der Waals surface area contributed by atoms with Crippen molar-refractivity contribution in [3.8, 4) is 0 Å². The monoisotopic (exact) mass is 600 g/mol. The summed E-state index contributed by atoms with van der Waals surface area (Å²) in [5.74, 6) is -2.77. The number of nitrogens with zero attached hydrogens (tertiary/aromatic N) is 2. The second-order valence-electron chi connectivity index (χ2n) is 8.94. The van der Waals surface area contributed by atoms with Crippen LogP contribution in [-0.4, -0.2) is 29.7 Å². The molecule has 6 rings (SSSR count). The SMILES string of the molecule is O=C(c1ccc(Br)cc1)[C@H]1[C@H]2C(=O)N(c3ccc(Cl)cc3Cl)C(=O)[C@@H]2[C@H]2C=Cc3ccc(Cl)cc3N21. The van der Waals surface area contributed by atoms with Gasteiger partial charge in [0.2, 0.25) is 11.8 Å². The molecule has 3 aromatic rings. The van der Waals surface area contributed by atoms with Gasteiger partial charge in [-0.1, -0.05) is 81.1 Å². The molecule has 0 aromatic heterocycles. The van der Waals surface area contributed by atoms with Crippen molar-refractivity contribution in [1.82, 2.24) is 0 Å². The molecular formula is C27H16BrCl3N2O3. The number of imide groups is 1. The Hall–Kier alpha value is -2.64. The maximum absolute atomic E-state index is 14.0. The number of hydrogen-bond donors (Lipinski definition) is 0. The minimum atomic E-state index is -0.907. The number of carbonyl (C=O) groups is 3. The Bertz CT molecular complexity index is 1490. The molecule has 3 aliphatic rings. The van der Waals surface area contributed by atoms with Gasteiger partial charge in [0.1, 0.15) is 6.04 Å². The summed E-state index contributed by atoms with van der Waals surface area (Å²) in [5, 5.41) is 1.08. The molecule has 0 aliphatic carbocycles. The van der Waals surface area contributed by atoms with E-state index in [1.165, 1.54) is 6.07 Å². The highest BCUT2D eigenvalue weighted by molar-refractivity contribution is 9.10. The molecule has 0 spiro atoms. The molecule has 3 heterocycles.